The highest BCUT2D eigenvalue weighted by Crippen LogP contribution is 2.29. The molecule has 1 unspecified atom stereocenters. The van der Waals surface area contributed by atoms with Gasteiger partial charge in [-0.2, -0.15) is 13.2 Å². The van der Waals surface area contributed by atoms with Gasteiger partial charge in [0.15, 0.2) is 6.61 Å². The van der Waals surface area contributed by atoms with Gasteiger partial charge in [-0.1, -0.05) is 31.5 Å². The number of hydrogen-bond donors (Lipinski definition) is 1. The van der Waals surface area contributed by atoms with E-state index in [9.17, 15) is 22.8 Å². The van der Waals surface area contributed by atoms with Gasteiger partial charge >= 0.3 is 6.18 Å². The van der Waals surface area contributed by atoms with Gasteiger partial charge in [-0.15, -0.1) is 0 Å². The monoisotopic (exact) mass is 442 g/mol. The van der Waals surface area contributed by atoms with Crippen LogP contribution in [-0.4, -0.2) is 29.5 Å². The Labute approximate surface area is 177 Å². The van der Waals surface area contributed by atoms with E-state index in [1.54, 1.807) is 26.8 Å². The van der Waals surface area contributed by atoms with Gasteiger partial charge in [-0.25, -0.2) is 0 Å². The van der Waals surface area contributed by atoms with Crippen LogP contribution in [0.2, 0.25) is 5.02 Å². The normalized spacial score (nSPS) is 12.5. The van der Waals surface area contributed by atoms with Crippen LogP contribution < -0.4 is 10.1 Å². The molecule has 1 atom stereocenters. The van der Waals surface area contributed by atoms with E-state index < -0.39 is 18.8 Å². The van der Waals surface area contributed by atoms with Crippen molar-refractivity contribution in [2.45, 2.75) is 39.4 Å². The second kappa shape index (κ2) is 9.93. The molecular weight excluding hydrogens is 421 g/mol. The Balaban J connectivity index is 2.05. The first-order chi connectivity index (χ1) is 14.0. The van der Waals surface area contributed by atoms with Crippen LogP contribution in [0.25, 0.3) is 0 Å². The summed E-state index contributed by atoms with van der Waals surface area (Å²) in [7, 11) is 0. The zero-order chi connectivity index (χ0) is 22.5. The molecule has 1 amide bonds. The van der Waals surface area contributed by atoms with Gasteiger partial charge in [0.05, 0.1) is 11.1 Å². The summed E-state index contributed by atoms with van der Waals surface area (Å²) >= 11 is 6.01. The van der Waals surface area contributed by atoms with Crippen molar-refractivity contribution in [1.82, 2.24) is 10.3 Å². The summed E-state index contributed by atoms with van der Waals surface area (Å²) in [4.78, 5) is 28.6. The van der Waals surface area contributed by atoms with E-state index >= 15 is 0 Å². The van der Waals surface area contributed by atoms with Crippen molar-refractivity contribution in [2.75, 3.05) is 6.61 Å². The van der Waals surface area contributed by atoms with Crippen LogP contribution in [0.15, 0.2) is 36.5 Å². The Morgan fingerprint density at radius 1 is 1.17 bits per heavy atom. The molecule has 1 N–H and O–H groups in total. The van der Waals surface area contributed by atoms with E-state index in [-0.39, 0.29) is 34.8 Å². The number of alkyl halides is 3. The summed E-state index contributed by atoms with van der Waals surface area (Å²) in [6.45, 7) is 3.86. The van der Waals surface area contributed by atoms with E-state index in [0.717, 1.165) is 0 Å². The minimum absolute atomic E-state index is 0.0104. The quantitative estimate of drug-likeness (QED) is 0.629. The minimum Gasteiger partial charge on any atom is -0.483 e. The highest BCUT2D eigenvalue weighted by atomic mass is 35.5. The van der Waals surface area contributed by atoms with Crippen molar-refractivity contribution in [3.8, 4) is 5.75 Å². The summed E-state index contributed by atoms with van der Waals surface area (Å²) in [5.41, 5.74) is 1.44. The van der Waals surface area contributed by atoms with Crippen molar-refractivity contribution < 1.29 is 27.5 Å². The summed E-state index contributed by atoms with van der Waals surface area (Å²) in [5.74, 6) is -0.574. The van der Waals surface area contributed by atoms with E-state index in [4.69, 9.17) is 11.6 Å². The molecule has 0 aliphatic heterocycles. The van der Waals surface area contributed by atoms with Crippen LogP contribution in [0.1, 0.15) is 48.4 Å². The number of Topliss-reactive ketones (excluding diaryl/α,β-unsaturated/α-hetero) is 1. The maximum atomic E-state index is 12.6. The number of carbonyl (C=O) groups excluding carboxylic acids is 2. The minimum atomic E-state index is -4.47. The van der Waals surface area contributed by atoms with E-state index in [2.05, 4.69) is 15.0 Å². The van der Waals surface area contributed by atoms with E-state index in [1.165, 1.54) is 30.5 Å². The Kier molecular flexibility index (Phi) is 7.83. The second-order valence-electron chi connectivity index (χ2n) is 7.12. The first-order valence-electron chi connectivity index (χ1n) is 9.23. The number of ketones is 1. The fourth-order valence-corrected chi connectivity index (χ4v) is 2.77. The van der Waals surface area contributed by atoms with Gasteiger partial charge in [-0.05, 0) is 36.8 Å². The molecule has 0 aliphatic rings. The molecule has 0 aliphatic carbocycles. The zero-order valence-electron chi connectivity index (χ0n) is 16.7. The lowest BCUT2D eigenvalue weighted by Crippen LogP contribution is -2.27. The molecule has 0 saturated carbocycles. The predicted molar refractivity (Wildman–Crippen MR) is 107 cm³/mol. The van der Waals surface area contributed by atoms with Gasteiger partial charge in [0.2, 0.25) is 0 Å². The number of rotatable bonds is 8. The molecule has 1 aromatic heterocycles. The van der Waals surface area contributed by atoms with E-state index in [1.807, 2.05) is 0 Å². The number of pyridine rings is 1. The molecule has 2 aromatic rings. The molecule has 0 radical (unpaired) electrons. The van der Waals surface area contributed by atoms with Crippen molar-refractivity contribution in [1.29, 1.82) is 0 Å². The van der Waals surface area contributed by atoms with Gasteiger partial charge in [-0.3, -0.25) is 14.6 Å². The van der Waals surface area contributed by atoms with Gasteiger partial charge in [0, 0.05) is 29.8 Å². The second-order valence-corrected chi connectivity index (χ2v) is 7.53. The highest BCUT2D eigenvalue weighted by Gasteiger charge is 2.28. The number of amides is 1. The molecule has 0 fully saturated rings. The van der Waals surface area contributed by atoms with Crippen LogP contribution in [0, 0.1) is 5.92 Å². The summed E-state index contributed by atoms with van der Waals surface area (Å²) < 4.78 is 41.5. The summed E-state index contributed by atoms with van der Waals surface area (Å²) in [6, 6.07) is 6.92. The predicted octanol–water partition coefficient (Wildman–Crippen LogP) is 4.93. The molecule has 0 spiro atoms. The topological polar surface area (TPSA) is 68.3 Å². The van der Waals surface area contributed by atoms with Crippen molar-refractivity contribution in [2.24, 2.45) is 5.92 Å². The summed E-state index contributed by atoms with van der Waals surface area (Å²) in [6.07, 6.45) is -2.86. The summed E-state index contributed by atoms with van der Waals surface area (Å²) in [5, 5.41) is 2.80. The number of benzene rings is 1. The molecule has 0 bridgehead atoms. The van der Waals surface area contributed by atoms with Gasteiger partial charge in [0.1, 0.15) is 11.5 Å². The third-order valence-corrected chi connectivity index (χ3v) is 4.57. The third kappa shape index (κ3) is 7.02. The maximum Gasteiger partial charge on any atom is 0.422 e. The molecule has 162 valence electrons. The highest BCUT2D eigenvalue weighted by molar-refractivity contribution is 6.32. The van der Waals surface area contributed by atoms with Crippen LogP contribution in [0.3, 0.4) is 0 Å². The van der Waals surface area contributed by atoms with Crippen molar-refractivity contribution >= 4 is 23.3 Å². The Hall–Kier alpha value is -2.61. The van der Waals surface area contributed by atoms with Gasteiger partial charge in [0.25, 0.3) is 5.91 Å². The fourth-order valence-electron chi connectivity index (χ4n) is 2.53. The van der Waals surface area contributed by atoms with Crippen molar-refractivity contribution in [3.63, 3.8) is 0 Å². The smallest absolute Gasteiger partial charge is 0.422 e. The molecule has 1 aromatic carbocycles. The lowest BCUT2D eigenvalue weighted by Gasteiger charge is -2.17. The number of halogens is 4. The lowest BCUT2D eigenvalue weighted by atomic mass is 10.0. The number of ether oxygens (including phenoxy) is 1. The lowest BCUT2D eigenvalue weighted by molar-refractivity contribution is -0.153. The molecule has 1 heterocycles. The van der Waals surface area contributed by atoms with Crippen LogP contribution in [0.5, 0.6) is 5.75 Å². The molecule has 30 heavy (non-hydrogen) atoms. The van der Waals surface area contributed by atoms with Gasteiger partial charge < -0.3 is 10.1 Å². The molecular formula is C21H22ClF3N2O3. The van der Waals surface area contributed by atoms with Crippen LogP contribution in [-0.2, 0) is 11.2 Å². The fraction of sp³-hybridized carbons (Fsp3) is 0.381. The standard InChI is InChI=1S/C21H22ClF3N2O3/c1-12(2)18(28)10-16-8-15(6-7-26-16)20(29)27-13(3)14-4-5-19(17(22)9-14)30-11-21(23,24)25/h4-9,12-13H,10-11H2,1-3H3,(H,27,29). The Bertz CT molecular complexity index is 917. The number of hydrogen-bond acceptors (Lipinski definition) is 4. The van der Waals surface area contributed by atoms with Crippen molar-refractivity contribution in [3.05, 3.63) is 58.4 Å². The SMILES string of the molecule is CC(C)C(=O)Cc1cc(C(=O)NC(C)c2ccc(OCC(F)(F)F)c(Cl)c2)ccn1. The first-order valence-corrected chi connectivity index (χ1v) is 9.61. The van der Waals surface area contributed by atoms with Crippen LogP contribution in [0.4, 0.5) is 13.2 Å². The third-order valence-electron chi connectivity index (χ3n) is 4.27. The van der Waals surface area contributed by atoms with Crippen LogP contribution >= 0.6 is 11.6 Å². The number of carbonyl (C=O) groups is 2. The Morgan fingerprint density at radius 3 is 2.47 bits per heavy atom. The average Bonchev–Trinajstić information content (AvgIpc) is 2.66. The number of nitrogens with one attached hydrogen (secondary N) is 1. The molecule has 5 nitrogen and oxygen atoms in total. The Morgan fingerprint density at radius 2 is 1.87 bits per heavy atom. The number of nitrogens with zero attached hydrogens (tertiary/aromatic N) is 1. The molecule has 0 saturated heterocycles. The maximum absolute atomic E-state index is 12.6. The number of aromatic nitrogens is 1. The average molecular weight is 443 g/mol. The van der Waals surface area contributed by atoms with E-state index in [0.29, 0.717) is 16.8 Å². The largest absolute Gasteiger partial charge is 0.483 e. The zero-order valence-corrected chi connectivity index (χ0v) is 17.5. The molecule has 9 heteroatoms. The molecule has 2 rings (SSSR count). The first kappa shape index (κ1) is 23.7.